The van der Waals surface area contributed by atoms with Crippen molar-refractivity contribution in [3.05, 3.63) is 0 Å². The summed E-state index contributed by atoms with van der Waals surface area (Å²) in [6, 6.07) is 0. The van der Waals surface area contributed by atoms with Crippen LogP contribution in [0, 0.1) is 5.92 Å². The van der Waals surface area contributed by atoms with E-state index in [-0.39, 0.29) is 0 Å². The highest BCUT2D eigenvalue weighted by molar-refractivity contribution is 4.89. The standard InChI is InChI=1S/C18H38N2/c1-17(2)11-7-4-5-10-15-20-16-14-18(19-3)12-8-6-9-13-18/h17,19-20H,4-16H2,1-3H3. The van der Waals surface area contributed by atoms with Crippen molar-refractivity contribution in [2.75, 3.05) is 20.1 Å². The molecule has 1 rings (SSSR count). The molecule has 0 amide bonds. The first kappa shape index (κ1) is 18.0. The summed E-state index contributed by atoms with van der Waals surface area (Å²) < 4.78 is 0. The molecule has 0 heterocycles. The molecule has 120 valence electrons. The molecular weight excluding hydrogens is 244 g/mol. The van der Waals surface area contributed by atoms with Gasteiger partial charge >= 0.3 is 0 Å². The van der Waals surface area contributed by atoms with E-state index in [1.807, 2.05) is 0 Å². The highest BCUT2D eigenvalue weighted by atomic mass is 15.0. The zero-order valence-corrected chi connectivity index (χ0v) is 14.3. The lowest BCUT2D eigenvalue weighted by Gasteiger charge is -2.37. The molecule has 0 aliphatic heterocycles. The van der Waals surface area contributed by atoms with Gasteiger partial charge in [0.05, 0.1) is 0 Å². The van der Waals surface area contributed by atoms with Crippen LogP contribution in [0.3, 0.4) is 0 Å². The van der Waals surface area contributed by atoms with Crippen molar-refractivity contribution in [1.82, 2.24) is 10.6 Å². The molecule has 1 saturated carbocycles. The molecule has 0 spiro atoms. The van der Waals surface area contributed by atoms with Crippen molar-refractivity contribution < 1.29 is 0 Å². The van der Waals surface area contributed by atoms with Crippen molar-refractivity contribution in [1.29, 1.82) is 0 Å². The maximum Gasteiger partial charge on any atom is 0.0190 e. The van der Waals surface area contributed by atoms with Crippen LogP contribution in [0.2, 0.25) is 0 Å². The highest BCUT2D eigenvalue weighted by Crippen LogP contribution is 2.30. The molecule has 2 nitrogen and oxygen atoms in total. The summed E-state index contributed by atoms with van der Waals surface area (Å²) in [7, 11) is 2.15. The normalized spacial score (nSPS) is 18.6. The van der Waals surface area contributed by atoms with E-state index in [2.05, 4.69) is 31.5 Å². The second-order valence-corrected chi connectivity index (χ2v) is 7.19. The fraction of sp³-hybridized carbons (Fsp3) is 1.00. The predicted octanol–water partition coefficient (Wildman–Crippen LogP) is 4.49. The van der Waals surface area contributed by atoms with Gasteiger partial charge in [0.2, 0.25) is 0 Å². The summed E-state index contributed by atoms with van der Waals surface area (Å²) in [6.07, 6.45) is 15.3. The molecule has 0 atom stereocenters. The Morgan fingerprint density at radius 3 is 2.25 bits per heavy atom. The number of hydrogen-bond acceptors (Lipinski definition) is 2. The molecule has 1 aliphatic rings. The van der Waals surface area contributed by atoms with Gasteiger partial charge in [0.15, 0.2) is 0 Å². The quantitative estimate of drug-likeness (QED) is 0.545. The molecular formula is C18H38N2. The zero-order chi connectivity index (χ0) is 14.7. The maximum atomic E-state index is 3.65. The van der Waals surface area contributed by atoms with Crippen LogP contribution in [0.4, 0.5) is 0 Å². The predicted molar refractivity (Wildman–Crippen MR) is 90.3 cm³/mol. The molecule has 1 aliphatic carbocycles. The fourth-order valence-electron chi connectivity index (χ4n) is 3.46. The van der Waals surface area contributed by atoms with Crippen LogP contribution in [-0.2, 0) is 0 Å². The van der Waals surface area contributed by atoms with E-state index >= 15 is 0 Å². The Hall–Kier alpha value is -0.0800. The monoisotopic (exact) mass is 282 g/mol. The van der Waals surface area contributed by atoms with Gasteiger partial charge in [0, 0.05) is 5.54 Å². The third kappa shape index (κ3) is 7.64. The van der Waals surface area contributed by atoms with E-state index in [4.69, 9.17) is 0 Å². The number of unbranched alkanes of at least 4 members (excludes halogenated alkanes) is 3. The minimum Gasteiger partial charge on any atom is -0.317 e. The van der Waals surface area contributed by atoms with Crippen molar-refractivity contribution in [3.8, 4) is 0 Å². The van der Waals surface area contributed by atoms with Gasteiger partial charge in [0.25, 0.3) is 0 Å². The lowest BCUT2D eigenvalue weighted by Crippen LogP contribution is -2.46. The number of nitrogens with one attached hydrogen (secondary N) is 2. The van der Waals surface area contributed by atoms with Crippen LogP contribution in [0.1, 0.15) is 84.5 Å². The molecule has 0 radical (unpaired) electrons. The molecule has 2 heteroatoms. The third-order valence-corrected chi connectivity index (χ3v) is 5.01. The van der Waals surface area contributed by atoms with Gasteiger partial charge in [-0.15, -0.1) is 0 Å². The SMILES string of the molecule is CNC1(CCNCCCCCCC(C)C)CCCCC1. The van der Waals surface area contributed by atoms with E-state index in [0.717, 1.165) is 5.92 Å². The van der Waals surface area contributed by atoms with Crippen molar-refractivity contribution in [2.45, 2.75) is 90.0 Å². The van der Waals surface area contributed by atoms with Gasteiger partial charge in [-0.05, 0) is 51.7 Å². The Morgan fingerprint density at radius 1 is 0.900 bits per heavy atom. The number of hydrogen-bond donors (Lipinski definition) is 2. The first-order chi connectivity index (χ1) is 9.68. The summed E-state index contributed by atoms with van der Waals surface area (Å²) in [5.74, 6) is 0.876. The maximum absolute atomic E-state index is 3.65. The second kappa shape index (κ2) is 10.6. The summed E-state index contributed by atoms with van der Waals surface area (Å²) in [5, 5.41) is 7.26. The van der Waals surface area contributed by atoms with Crippen molar-refractivity contribution >= 4 is 0 Å². The summed E-state index contributed by atoms with van der Waals surface area (Å²) >= 11 is 0. The average Bonchev–Trinajstić information content (AvgIpc) is 2.46. The second-order valence-electron chi connectivity index (χ2n) is 7.19. The molecule has 1 fully saturated rings. The Kier molecular flexibility index (Phi) is 9.54. The van der Waals surface area contributed by atoms with E-state index in [9.17, 15) is 0 Å². The van der Waals surface area contributed by atoms with Crippen LogP contribution in [0.15, 0.2) is 0 Å². The third-order valence-electron chi connectivity index (χ3n) is 5.01. The lowest BCUT2D eigenvalue weighted by atomic mass is 9.79. The van der Waals surface area contributed by atoms with Gasteiger partial charge in [-0.1, -0.05) is 58.8 Å². The van der Waals surface area contributed by atoms with E-state index in [1.165, 1.54) is 83.7 Å². The smallest absolute Gasteiger partial charge is 0.0190 e. The van der Waals surface area contributed by atoms with E-state index < -0.39 is 0 Å². The first-order valence-electron chi connectivity index (χ1n) is 9.08. The van der Waals surface area contributed by atoms with Crippen molar-refractivity contribution in [2.24, 2.45) is 5.92 Å². The van der Waals surface area contributed by atoms with Crippen LogP contribution in [-0.4, -0.2) is 25.7 Å². The van der Waals surface area contributed by atoms with Gasteiger partial charge < -0.3 is 10.6 Å². The molecule has 2 N–H and O–H groups in total. The van der Waals surface area contributed by atoms with Gasteiger partial charge in [0.1, 0.15) is 0 Å². The highest BCUT2D eigenvalue weighted by Gasteiger charge is 2.29. The van der Waals surface area contributed by atoms with E-state index in [0.29, 0.717) is 5.54 Å². The van der Waals surface area contributed by atoms with Gasteiger partial charge in [-0.2, -0.15) is 0 Å². The number of rotatable bonds is 11. The van der Waals surface area contributed by atoms with Crippen LogP contribution in [0.25, 0.3) is 0 Å². The summed E-state index contributed by atoms with van der Waals surface area (Å²) in [5.41, 5.74) is 0.447. The lowest BCUT2D eigenvalue weighted by molar-refractivity contribution is 0.228. The molecule has 0 saturated heterocycles. The molecule has 0 unspecified atom stereocenters. The van der Waals surface area contributed by atoms with Crippen LogP contribution in [0.5, 0.6) is 0 Å². The summed E-state index contributed by atoms with van der Waals surface area (Å²) in [6.45, 7) is 7.04. The van der Waals surface area contributed by atoms with E-state index in [1.54, 1.807) is 0 Å². The molecule has 0 aromatic rings. The summed E-state index contributed by atoms with van der Waals surface area (Å²) in [4.78, 5) is 0. The van der Waals surface area contributed by atoms with Gasteiger partial charge in [-0.25, -0.2) is 0 Å². The average molecular weight is 283 g/mol. The Balaban J connectivity index is 1.93. The van der Waals surface area contributed by atoms with Crippen LogP contribution >= 0.6 is 0 Å². The topological polar surface area (TPSA) is 24.1 Å². The molecule has 20 heavy (non-hydrogen) atoms. The largest absolute Gasteiger partial charge is 0.317 e. The van der Waals surface area contributed by atoms with Gasteiger partial charge in [-0.3, -0.25) is 0 Å². The fourth-order valence-corrected chi connectivity index (χ4v) is 3.46. The zero-order valence-electron chi connectivity index (χ0n) is 14.3. The minimum absolute atomic E-state index is 0.447. The van der Waals surface area contributed by atoms with Crippen molar-refractivity contribution in [3.63, 3.8) is 0 Å². The molecule has 0 bridgehead atoms. The Morgan fingerprint density at radius 2 is 1.60 bits per heavy atom. The van der Waals surface area contributed by atoms with Crippen LogP contribution < -0.4 is 10.6 Å². The molecule has 0 aromatic heterocycles. The molecule has 0 aromatic carbocycles. The Bertz CT molecular complexity index is 219. The first-order valence-corrected chi connectivity index (χ1v) is 9.08. The minimum atomic E-state index is 0.447. The Labute approximate surface area is 127 Å².